The van der Waals surface area contributed by atoms with Crippen molar-refractivity contribution in [3.05, 3.63) is 152 Å². The Labute approximate surface area is 275 Å². The summed E-state index contributed by atoms with van der Waals surface area (Å²) >= 11 is 1.68. The Morgan fingerprint density at radius 3 is 1.64 bits per heavy atom. The Morgan fingerprint density at radius 1 is 0.340 bits per heavy atom. The molecule has 0 aliphatic carbocycles. The van der Waals surface area contributed by atoms with Gasteiger partial charge in [0.25, 0.3) is 0 Å². The molecule has 3 aromatic heterocycles. The molecule has 0 aliphatic rings. The molecule has 6 aromatic carbocycles. The second kappa shape index (κ2) is 11.4. The number of hydrogen-bond donors (Lipinski definition) is 0. The van der Waals surface area contributed by atoms with E-state index in [1.807, 2.05) is 36.4 Å². The van der Waals surface area contributed by atoms with Gasteiger partial charge in [0, 0.05) is 26.8 Å². The fraction of sp³-hybridized carbons (Fsp3) is 0. The van der Waals surface area contributed by atoms with E-state index in [0.717, 1.165) is 60.1 Å². The van der Waals surface area contributed by atoms with Crippen molar-refractivity contribution in [2.45, 2.75) is 0 Å². The van der Waals surface area contributed by atoms with Gasteiger partial charge in [-0.3, -0.25) is 0 Å². The average Bonchev–Trinajstić information content (AvgIpc) is 3.51. The highest BCUT2D eigenvalue weighted by molar-refractivity contribution is 7.25. The largest absolute Gasteiger partial charge is 0.243 e. The molecule has 0 N–H and O–H groups in total. The first-order valence-corrected chi connectivity index (χ1v) is 16.2. The van der Waals surface area contributed by atoms with Crippen molar-refractivity contribution in [3.63, 3.8) is 0 Å². The van der Waals surface area contributed by atoms with Crippen LogP contribution in [0.5, 0.6) is 0 Å². The van der Waals surface area contributed by atoms with E-state index in [2.05, 4.69) is 115 Å². The van der Waals surface area contributed by atoms with Crippen LogP contribution in [0.1, 0.15) is 0 Å². The Balaban J connectivity index is 1.13. The van der Waals surface area contributed by atoms with Crippen molar-refractivity contribution >= 4 is 42.8 Å². The third kappa shape index (κ3) is 5.11. The fourth-order valence-corrected chi connectivity index (χ4v) is 6.98. The van der Waals surface area contributed by atoms with E-state index in [4.69, 9.17) is 24.9 Å². The Morgan fingerprint density at radius 2 is 0.872 bits per heavy atom. The number of hydrogen-bond acceptors (Lipinski definition) is 6. The molecule has 0 atom stereocenters. The number of thiophene rings is 1. The average molecular weight is 620 g/mol. The van der Waals surface area contributed by atoms with E-state index >= 15 is 0 Å². The van der Waals surface area contributed by atoms with Gasteiger partial charge in [0.1, 0.15) is 10.3 Å². The molecular weight excluding hydrogens is 595 g/mol. The zero-order chi connectivity index (χ0) is 31.2. The quantitative estimate of drug-likeness (QED) is 0.192. The highest BCUT2D eigenvalue weighted by Gasteiger charge is 2.14. The molecule has 9 rings (SSSR count). The van der Waals surface area contributed by atoms with Crippen LogP contribution in [0.4, 0.5) is 0 Å². The van der Waals surface area contributed by atoms with Crippen LogP contribution in [0, 0.1) is 0 Å². The normalized spacial score (nSPS) is 11.4. The van der Waals surface area contributed by atoms with E-state index in [-0.39, 0.29) is 0 Å². The van der Waals surface area contributed by atoms with Crippen molar-refractivity contribution in [2.75, 3.05) is 0 Å². The van der Waals surface area contributed by atoms with Crippen molar-refractivity contribution in [3.8, 4) is 56.4 Å². The van der Waals surface area contributed by atoms with E-state index in [0.29, 0.717) is 17.5 Å². The zero-order valence-corrected chi connectivity index (χ0v) is 25.9. The zero-order valence-electron chi connectivity index (χ0n) is 25.1. The molecule has 0 amide bonds. The second-order valence-electron chi connectivity index (χ2n) is 11.4. The predicted molar refractivity (Wildman–Crippen MR) is 193 cm³/mol. The molecule has 0 aliphatic heterocycles. The molecule has 0 saturated heterocycles. The highest BCUT2D eigenvalue weighted by atomic mass is 32.1. The van der Waals surface area contributed by atoms with Crippen LogP contribution >= 0.6 is 11.3 Å². The molecule has 3 heterocycles. The van der Waals surface area contributed by atoms with E-state index in [1.165, 1.54) is 10.3 Å². The first-order valence-electron chi connectivity index (χ1n) is 15.4. The number of nitrogens with zero attached hydrogens (tertiary/aromatic N) is 5. The standard InChI is InChI=1S/C41H25N5S/c1-3-10-26(11-4-1)27-18-20-29(21-19-27)39-44-38(28-12-5-2-6-13-28)45-40(46-39)32-15-9-14-30(24-32)31-22-23-34-35(25-31)42-37-33-16-7-8-17-36(33)47-41(37)43-34/h1-25H. The number of rotatable bonds is 5. The van der Waals surface area contributed by atoms with Crippen molar-refractivity contribution in [1.82, 2.24) is 24.9 Å². The lowest BCUT2D eigenvalue weighted by Crippen LogP contribution is -2.00. The molecule has 0 unspecified atom stereocenters. The Bertz CT molecular complexity index is 2560. The molecule has 0 bridgehead atoms. The van der Waals surface area contributed by atoms with Crippen LogP contribution in [-0.4, -0.2) is 24.9 Å². The monoisotopic (exact) mass is 619 g/mol. The van der Waals surface area contributed by atoms with E-state index in [9.17, 15) is 0 Å². The summed E-state index contributed by atoms with van der Waals surface area (Å²) in [5.41, 5.74) is 9.92. The van der Waals surface area contributed by atoms with Gasteiger partial charge in [-0.15, -0.1) is 11.3 Å². The fourth-order valence-electron chi connectivity index (χ4n) is 5.95. The molecule has 0 radical (unpaired) electrons. The molecule has 47 heavy (non-hydrogen) atoms. The number of aromatic nitrogens is 5. The van der Waals surface area contributed by atoms with Crippen LogP contribution < -0.4 is 0 Å². The lowest BCUT2D eigenvalue weighted by atomic mass is 10.0. The maximum absolute atomic E-state index is 5.06. The van der Waals surface area contributed by atoms with Crippen molar-refractivity contribution in [1.29, 1.82) is 0 Å². The van der Waals surface area contributed by atoms with Crippen LogP contribution in [0.25, 0.3) is 87.9 Å². The molecule has 5 nitrogen and oxygen atoms in total. The highest BCUT2D eigenvalue weighted by Crippen LogP contribution is 2.34. The van der Waals surface area contributed by atoms with Gasteiger partial charge in [-0.25, -0.2) is 24.9 Å². The van der Waals surface area contributed by atoms with Gasteiger partial charge in [-0.05, 0) is 46.5 Å². The topological polar surface area (TPSA) is 64.5 Å². The molecule has 0 spiro atoms. The maximum atomic E-state index is 5.06. The summed E-state index contributed by atoms with van der Waals surface area (Å²) in [7, 11) is 0. The summed E-state index contributed by atoms with van der Waals surface area (Å²) in [5.74, 6) is 1.89. The summed E-state index contributed by atoms with van der Waals surface area (Å²) < 4.78 is 1.20. The first kappa shape index (κ1) is 27.2. The first-order chi connectivity index (χ1) is 23.2. The third-order valence-electron chi connectivity index (χ3n) is 8.35. The lowest BCUT2D eigenvalue weighted by Gasteiger charge is -2.10. The molecule has 220 valence electrons. The van der Waals surface area contributed by atoms with Gasteiger partial charge in [0.15, 0.2) is 17.5 Å². The molecule has 6 heteroatoms. The van der Waals surface area contributed by atoms with Crippen LogP contribution in [0.15, 0.2) is 152 Å². The van der Waals surface area contributed by atoms with Gasteiger partial charge in [0.05, 0.1) is 11.0 Å². The van der Waals surface area contributed by atoms with Crippen molar-refractivity contribution in [2.24, 2.45) is 0 Å². The maximum Gasteiger partial charge on any atom is 0.164 e. The number of benzene rings is 6. The minimum atomic E-state index is 0.620. The molecule has 0 fully saturated rings. The lowest BCUT2D eigenvalue weighted by molar-refractivity contribution is 1.07. The smallest absolute Gasteiger partial charge is 0.164 e. The Hall–Kier alpha value is -6.11. The summed E-state index contributed by atoms with van der Waals surface area (Å²) in [6, 6.07) is 51.8. The summed E-state index contributed by atoms with van der Waals surface area (Å²) in [4.78, 5) is 25.9. The molecule has 0 saturated carbocycles. The van der Waals surface area contributed by atoms with Gasteiger partial charge < -0.3 is 0 Å². The van der Waals surface area contributed by atoms with Crippen molar-refractivity contribution < 1.29 is 0 Å². The van der Waals surface area contributed by atoms with Gasteiger partial charge in [0.2, 0.25) is 0 Å². The summed E-state index contributed by atoms with van der Waals surface area (Å²) in [5, 5.41) is 1.14. The van der Waals surface area contributed by atoms with Gasteiger partial charge in [-0.1, -0.05) is 127 Å². The minimum Gasteiger partial charge on any atom is -0.243 e. The van der Waals surface area contributed by atoms with Crippen LogP contribution in [0.3, 0.4) is 0 Å². The van der Waals surface area contributed by atoms with Gasteiger partial charge in [-0.2, -0.15) is 0 Å². The molecule has 9 aromatic rings. The Kier molecular flexibility index (Phi) is 6.58. The number of fused-ring (bicyclic) bond motifs is 4. The second-order valence-corrected chi connectivity index (χ2v) is 12.4. The van der Waals surface area contributed by atoms with E-state index in [1.54, 1.807) is 11.3 Å². The van der Waals surface area contributed by atoms with E-state index < -0.39 is 0 Å². The van der Waals surface area contributed by atoms with Gasteiger partial charge >= 0.3 is 0 Å². The van der Waals surface area contributed by atoms with Crippen LogP contribution in [-0.2, 0) is 0 Å². The third-order valence-corrected chi connectivity index (χ3v) is 9.41. The minimum absolute atomic E-state index is 0.620. The summed E-state index contributed by atoms with van der Waals surface area (Å²) in [6.45, 7) is 0. The SMILES string of the molecule is c1ccc(-c2ccc(-c3nc(-c4ccccc4)nc(-c4cccc(-c5ccc6nc7sc8ccccc8c7nc6c5)c4)n3)cc2)cc1. The molecular formula is C41H25N5S. The predicted octanol–water partition coefficient (Wildman–Crippen LogP) is 10.5. The van der Waals surface area contributed by atoms with Crippen LogP contribution in [0.2, 0.25) is 0 Å². The summed E-state index contributed by atoms with van der Waals surface area (Å²) in [6.07, 6.45) is 0.